The Labute approximate surface area is 148 Å². The van der Waals surface area contributed by atoms with E-state index in [0.29, 0.717) is 0 Å². The number of halogens is 6. The topological polar surface area (TPSA) is 86.7 Å². The minimum atomic E-state index is -5.23. The van der Waals surface area contributed by atoms with E-state index in [1.165, 1.54) is 0 Å². The minimum Gasteiger partial charge on any atom is -0.378 e. The highest BCUT2D eigenvalue weighted by molar-refractivity contribution is 8.04. The van der Waals surface area contributed by atoms with E-state index in [4.69, 9.17) is 0 Å². The lowest BCUT2D eigenvalue weighted by molar-refractivity contribution is 0.435. The van der Waals surface area contributed by atoms with Crippen molar-refractivity contribution >= 4 is 20.2 Å². The predicted octanol–water partition coefficient (Wildman–Crippen LogP) is 2.60. The molecule has 0 saturated carbocycles. The van der Waals surface area contributed by atoms with Gasteiger partial charge in [0.2, 0.25) is 5.08 Å². The first-order valence-corrected chi connectivity index (χ1v) is 9.58. The molecule has 6 nitrogen and oxygen atoms in total. The van der Waals surface area contributed by atoms with Gasteiger partial charge in [-0.1, -0.05) is 0 Å². The molecule has 14 heteroatoms. The van der Waals surface area contributed by atoms with Crippen LogP contribution in [-0.2, 0) is 20.2 Å². The summed E-state index contributed by atoms with van der Waals surface area (Å²) >= 11 is 0. The molecule has 0 heterocycles. The maximum absolute atomic E-state index is 13.4. The van der Waals surface area contributed by atoms with E-state index >= 15 is 0 Å². The van der Waals surface area contributed by atoms with Gasteiger partial charge in [-0.15, -0.1) is 0 Å². The van der Waals surface area contributed by atoms with Crippen molar-refractivity contribution in [2.24, 2.45) is 0 Å². The summed E-state index contributed by atoms with van der Waals surface area (Å²) in [7, 11) is -10.5. The van der Waals surface area contributed by atoms with Crippen LogP contribution in [0.1, 0.15) is 0 Å². The van der Waals surface area contributed by atoms with Crippen LogP contribution < -0.4 is 8.37 Å². The summed E-state index contributed by atoms with van der Waals surface area (Å²) in [6.07, 6.45) is 0. The van der Waals surface area contributed by atoms with E-state index in [2.05, 4.69) is 8.37 Å². The van der Waals surface area contributed by atoms with Crippen molar-refractivity contribution in [3.8, 4) is 11.5 Å². The van der Waals surface area contributed by atoms with Gasteiger partial charge in [0.25, 0.3) is 0 Å². The maximum atomic E-state index is 13.4. The standard InChI is InChI=1S/C13H6F6O6S2/c14-6-1-10(18)12(3-8(6)16)24-26(20,21)5-27(22,23)25-13-4-9(17)7(15)2-11(13)19/h1-4H,5H2. The molecule has 0 aliphatic carbocycles. The van der Waals surface area contributed by atoms with Gasteiger partial charge in [-0.2, -0.15) is 16.8 Å². The van der Waals surface area contributed by atoms with Crippen LogP contribution in [0, 0.1) is 34.9 Å². The van der Waals surface area contributed by atoms with Crippen LogP contribution in [0.3, 0.4) is 0 Å². The Morgan fingerprint density at radius 1 is 0.556 bits per heavy atom. The Bertz CT molecular complexity index is 1010. The van der Waals surface area contributed by atoms with E-state index in [0.717, 1.165) is 0 Å². The largest absolute Gasteiger partial charge is 0.378 e. The van der Waals surface area contributed by atoms with E-state index in [9.17, 15) is 43.2 Å². The molecular formula is C13H6F6O6S2. The zero-order valence-corrected chi connectivity index (χ0v) is 14.2. The fourth-order valence-corrected chi connectivity index (χ4v) is 4.24. The SMILES string of the molecule is O=S(=O)(CS(=O)(=O)Oc1cc(F)c(F)cc1F)Oc1cc(F)c(F)cc1F. The molecule has 0 spiro atoms. The van der Waals surface area contributed by atoms with Gasteiger partial charge in [-0.3, -0.25) is 0 Å². The number of benzene rings is 2. The van der Waals surface area contributed by atoms with Crippen molar-refractivity contribution in [3.63, 3.8) is 0 Å². The molecule has 0 aliphatic heterocycles. The summed E-state index contributed by atoms with van der Waals surface area (Å²) in [5.74, 6) is -12.8. The number of hydrogen-bond acceptors (Lipinski definition) is 6. The fourth-order valence-electron chi connectivity index (χ4n) is 1.63. The third-order valence-electron chi connectivity index (χ3n) is 2.67. The lowest BCUT2D eigenvalue weighted by Crippen LogP contribution is -2.25. The van der Waals surface area contributed by atoms with Crippen LogP contribution in [0.5, 0.6) is 11.5 Å². The van der Waals surface area contributed by atoms with Crippen LogP contribution in [0.2, 0.25) is 0 Å². The smallest absolute Gasteiger partial charge is 0.327 e. The average Bonchev–Trinajstić information content (AvgIpc) is 2.48. The van der Waals surface area contributed by atoms with E-state index < -0.39 is 71.7 Å². The zero-order valence-electron chi connectivity index (χ0n) is 12.6. The molecule has 0 bridgehead atoms. The lowest BCUT2D eigenvalue weighted by Gasteiger charge is -2.10. The summed E-state index contributed by atoms with van der Waals surface area (Å²) in [6, 6.07) is -0.0981. The summed E-state index contributed by atoms with van der Waals surface area (Å²) in [6.45, 7) is 0. The van der Waals surface area contributed by atoms with E-state index in [1.54, 1.807) is 0 Å². The van der Waals surface area contributed by atoms with Gasteiger partial charge >= 0.3 is 20.2 Å². The Morgan fingerprint density at radius 3 is 1.19 bits per heavy atom. The van der Waals surface area contributed by atoms with Crippen molar-refractivity contribution < 1.29 is 51.5 Å². The molecule has 0 N–H and O–H groups in total. The quantitative estimate of drug-likeness (QED) is 0.393. The fraction of sp³-hybridized carbons (Fsp3) is 0.0769. The number of hydrogen-bond donors (Lipinski definition) is 0. The molecule has 0 saturated heterocycles. The molecule has 0 unspecified atom stereocenters. The molecule has 0 atom stereocenters. The Balaban J connectivity index is 2.24. The van der Waals surface area contributed by atoms with Gasteiger partial charge in [0.1, 0.15) is 0 Å². The van der Waals surface area contributed by atoms with Gasteiger partial charge in [0.15, 0.2) is 46.4 Å². The van der Waals surface area contributed by atoms with Gasteiger partial charge in [0, 0.05) is 24.3 Å². The lowest BCUT2D eigenvalue weighted by atomic mass is 10.3. The molecule has 2 rings (SSSR count). The molecule has 2 aromatic carbocycles. The normalized spacial score (nSPS) is 12.1. The van der Waals surface area contributed by atoms with E-state index in [-0.39, 0.29) is 24.3 Å². The van der Waals surface area contributed by atoms with Crippen LogP contribution in [0.25, 0.3) is 0 Å². The van der Waals surface area contributed by atoms with E-state index in [1.807, 2.05) is 0 Å². The van der Waals surface area contributed by atoms with Gasteiger partial charge in [-0.05, 0) is 0 Å². The first kappa shape index (κ1) is 20.8. The minimum absolute atomic E-state index is 0.00467. The van der Waals surface area contributed by atoms with Crippen LogP contribution in [0.4, 0.5) is 26.3 Å². The van der Waals surface area contributed by atoms with Crippen molar-refractivity contribution in [2.45, 2.75) is 0 Å². The molecule has 0 radical (unpaired) electrons. The molecule has 27 heavy (non-hydrogen) atoms. The second kappa shape index (κ2) is 7.26. The Kier molecular flexibility index (Phi) is 5.60. The summed E-state index contributed by atoms with van der Waals surface area (Å²) in [5, 5.41) is -2.04. The van der Waals surface area contributed by atoms with Gasteiger partial charge in [0.05, 0.1) is 0 Å². The molecule has 2 aromatic rings. The average molecular weight is 436 g/mol. The van der Waals surface area contributed by atoms with Gasteiger partial charge in [-0.25, -0.2) is 26.3 Å². The summed E-state index contributed by atoms with van der Waals surface area (Å²) < 4.78 is 133. The third-order valence-corrected chi connectivity index (χ3v) is 5.85. The maximum Gasteiger partial charge on any atom is 0.327 e. The second-order valence-electron chi connectivity index (χ2n) is 4.79. The van der Waals surface area contributed by atoms with Crippen molar-refractivity contribution in [2.75, 3.05) is 5.08 Å². The molecule has 0 amide bonds. The van der Waals surface area contributed by atoms with Crippen LogP contribution in [-0.4, -0.2) is 21.9 Å². The zero-order chi connectivity index (χ0) is 20.6. The molecule has 148 valence electrons. The Morgan fingerprint density at radius 2 is 0.852 bits per heavy atom. The highest BCUT2D eigenvalue weighted by Gasteiger charge is 2.29. The van der Waals surface area contributed by atoms with Gasteiger partial charge < -0.3 is 8.37 Å². The first-order chi connectivity index (χ1) is 12.3. The molecule has 0 aromatic heterocycles. The van der Waals surface area contributed by atoms with Crippen LogP contribution >= 0.6 is 0 Å². The van der Waals surface area contributed by atoms with Crippen molar-refractivity contribution in [3.05, 3.63) is 59.2 Å². The predicted molar refractivity (Wildman–Crippen MR) is 76.6 cm³/mol. The summed E-state index contributed by atoms with van der Waals surface area (Å²) in [5.41, 5.74) is 0. The first-order valence-electron chi connectivity index (χ1n) is 6.43. The van der Waals surface area contributed by atoms with Crippen molar-refractivity contribution in [1.29, 1.82) is 0 Å². The highest BCUT2D eigenvalue weighted by atomic mass is 32.3. The third kappa shape index (κ3) is 5.26. The number of rotatable bonds is 6. The van der Waals surface area contributed by atoms with Crippen LogP contribution in [0.15, 0.2) is 24.3 Å². The second-order valence-corrected chi connectivity index (χ2v) is 8.30. The highest BCUT2D eigenvalue weighted by Crippen LogP contribution is 2.25. The molecule has 0 aliphatic rings. The molecular weight excluding hydrogens is 430 g/mol. The van der Waals surface area contributed by atoms with Crippen molar-refractivity contribution in [1.82, 2.24) is 0 Å². The Hall–Kier alpha value is -2.48. The summed E-state index contributed by atoms with van der Waals surface area (Å²) in [4.78, 5) is 0. The molecule has 0 fully saturated rings. The monoisotopic (exact) mass is 436 g/mol.